The van der Waals surface area contributed by atoms with Gasteiger partial charge in [-0.15, -0.1) is 11.6 Å². The number of fused-ring (bicyclic) bond motifs is 2. The second-order valence-corrected chi connectivity index (χ2v) is 9.15. The van der Waals surface area contributed by atoms with Gasteiger partial charge < -0.3 is 14.5 Å². The molecule has 0 saturated carbocycles. The third-order valence-electron chi connectivity index (χ3n) is 5.69. The molecular weight excluding hydrogens is 454 g/mol. The van der Waals surface area contributed by atoms with Gasteiger partial charge in [0.1, 0.15) is 5.60 Å². The van der Waals surface area contributed by atoms with Gasteiger partial charge >= 0.3 is 6.09 Å². The van der Waals surface area contributed by atoms with Crippen molar-refractivity contribution in [2.45, 2.75) is 78.5 Å². The lowest BCUT2D eigenvalue weighted by Crippen LogP contribution is -2.45. The summed E-state index contributed by atoms with van der Waals surface area (Å²) in [7, 11) is 0. The zero-order valence-corrected chi connectivity index (χ0v) is 22.2. The summed E-state index contributed by atoms with van der Waals surface area (Å²) in [4.78, 5) is 31.5. The van der Waals surface area contributed by atoms with Crippen LogP contribution in [0, 0.1) is 6.92 Å². The zero-order valence-electron chi connectivity index (χ0n) is 21.4. The van der Waals surface area contributed by atoms with Gasteiger partial charge in [0.05, 0.1) is 29.7 Å². The first-order chi connectivity index (χ1) is 16.2. The Bertz CT molecular complexity index is 943. The quantitative estimate of drug-likeness (QED) is 0.548. The molecule has 34 heavy (non-hydrogen) atoms. The molecule has 0 N–H and O–H groups in total. The third kappa shape index (κ3) is 6.50. The molecule has 1 aromatic heterocycles. The van der Waals surface area contributed by atoms with Gasteiger partial charge in [0.25, 0.3) is 5.91 Å². The number of rotatable bonds is 2. The van der Waals surface area contributed by atoms with Crippen LogP contribution in [-0.2, 0) is 4.74 Å². The lowest BCUT2D eigenvalue weighted by atomic mass is 10.1. The highest BCUT2D eigenvalue weighted by Crippen LogP contribution is 2.33. The van der Waals surface area contributed by atoms with Gasteiger partial charge in [0.2, 0.25) is 0 Å². The number of amides is 2. The van der Waals surface area contributed by atoms with Gasteiger partial charge in [0, 0.05) is 25.5 Å². The van der Waals surface area contributed by atoms with E-state index in [1.54, 1.807) is 17.3 Å². The first kappa shape index (κ1) is 27.6. The van der Waals surface area contributed by atoms with E-state index in [1.807, 2.05) is 64.6 Å². The number of likely N-dealkylation sites (tertiary alicyclic amines) is 1. The number of ether oxygens (including phenoxy) is 1. The topological polar surface area (TPSA) is 80.6 Å². The predicted molar refractivity (Wildman–Crippen MR) is 135 cm³/mol. The Kier molecular flexibility index (Phi) is 9.91. The standard InChI is InChI=1S/C22H29N5O3.C2H6.CH3Cl/c1-15-5-8-19(27-23-10-11-24-27)18(13-15)20(28)26-16-6-7-17(26)14-25(12-9-16)21(29)30-22(2,3)4;2*1-2/h5,8,10-11,13,16-17H,6-7,9,12,14H2,1-4H3;1-2H3;1H3. The van der Waals surface area contributed by atoms with E-state index in [-0.39, 0.29) is 24.1 Å². The fourth-order valence-electron chi connectivity index (χ4n) is 4.37. The maximum atomic E-state index is 13.7. The lowest BCUT2D eigenvalue weighted by molar-refractivity contribution is 0.0229. The van der Waals surface area contributed by atoms with Crippen molar-refractivity contribution in [1.29, 1.82) is 0 Å². The molecule has 9 heteroatoms. The average Bonchev–Trinajstić information content (AvgIpc) is 3.42. The Morgan fingerprint density at radius 2 is 1.65 bits per heavy atom. The second-order valence-electron chi connectivity index (χ2n) is 9.15. The molecule has 4 rings (SSSR count). The summed E-state index contributed by atoms with van der Waals surface area (Å²) in [5.74, 6) is -0.0236. The van der Waals surface area contributed by atoms with E-state index in [0.717, 1.165) is 24.8 Å². The van der Waals surface area contributed by atoms with Gasteiger partial charge in [-0.05, 0) is 59.1 Å². The number of carbonyl (C=O) groups excluding carboxylic acids is 2. The van der Waals surface area contributed by atoms with E-state index in [1.165, 1.54) is 11.2 Å². The molecule has 2 aromatic rings. The summed E-state index contributed by atoms with van der Waals surface area (Å²) in [6.07, 6.45) is 6.96. The summed E-state index contributed by atoms with van der Waals surface area (Å²) in [6.45, 7) is 12.7. The average molecular weight is 492 g/mol. The summed E-state index contributed by atoms with van der Waals surface area (Å²) >= 11 is 4.64. The Balaban J connectivity index is 0.000000970. The number of hydrogen-bond donors (Lipinski definition) is 0. The molecule has 1 aromatic carbocycles. The molecule has 2 saturated heterocycles. The molecule has 3 heterocycles. The van der Waals surface area contributed by atoms with Crippen molar-refractivity contribution in [2.75, 3.05) is 19.5 Å². The summed E-state index contributed by atoms with van der Waals surface area (Å²) < 4.78 is 5.57. The molecule has 2 fully saturated rings. The van der Waals surface area contributed by atoms with Crippen LogP contribution >= 0.6 is 11.6 Å². The second kappa shape index (κ2) is 12.2. The van der Waals surface area contributed by atoms with Crippen molar-refractivity contribution in [2.24, 2.45) is 0 Å². The number of nitrogens with zero attached hydrogens (tertiary/aromatic N) is 5. The Morgan fingerprint density at radius 3 is 2.26 bits per heavy atom. The molecule has 2 amide bonds. The van der Waals surface area contributed by atoms with Crippen molar-refractivity contribution in [3.8, 4) is 5.69 Å². The van der Waals surface area contributed by atoms with Gasteiger partial charge in [-0.25, -0.2) is 4.79 Å². The number of aryl methyl sites for hydroxylation is 1. The number of aromatic nitrogens is 3. The van der Waals surface area contributed by atoms with Crippen molar-refractivity contribution < 1.29 is 14.3 Å². The Labute approximate surface area is 208 Å². The highest BCUT2D eigenvalue weighted by Gasteiger charge is 2.42. The maximum absolute atomic E-state index is 13.7. The number of benzene rings is 1. The van der Waals surface area contributed by atoms with Crippen LogP contribution < -0.4 is 0 Å². The van der Waals surface area contributed by atoms with Crippen LogP contribution in [0.1, 0.15) is 69.8 Å². The monoisotopic (exact) mass is 491 g/mol. The van der Waals surface area contributed by atoms with Crippen LogP contribution in [-0.4, -0.2) is 74.0 Å². The molecule has 2 aliphatic heterocycles. The van der Waals surface area contributed by atoms with Crippen LogP contribution in [0.3, 0.4) is 0 Å². The Morgan fingerprint density at radius 1 is 1.03 bits per heavy atom. The summed E-state index contributed by atoms with van der Waals surface area (Å²) in [5.41, 5.74) is 1.73. The lowest BCUT2D eigenvalue weighted by Gasteiger charge is -2.30. The smallest absolute Gasteiger partial charge is 0.410 e. The van der Waals surface area contributed by atoms with Crippen molar-refractivity contribution in [3.63, 3.8) is 0 Å². The van der Waals surface area contributed by atoms with Gasteiger partial charge in [-0.3, -0.25) is 4.79 Å². The molecule has 8 nitrogen and oxygen atoms in total. The van der Waals surface area contributed by atoms with E-state index < -0.39 is 5.60 Å². The molecular formula is C25H38ClN5O3. The van der Waals surface area contributed by atoms with Gasteiger partial charge in [-0.2, -0.15) is 15.0 Å². The number of hydrogen-bond acceptors (Lipinski definition) is 5. The highest BCUT2D eigenvalue weighted by molar-refractivity contribution is 6.15. The fraction of sp³-hybridized carbons (Fsp3) is 0.600. The van der Waals surface area contributed by atoms with Crippen LogP contribution in [0.4, 0.5) is 4.79 Å². The van der Waals surface area contributed by atoms with Gasteiger partial charge in [-0.1, -0.05) is 25.5 Å². The largest absolute Gasteiger partial charge is 0.444 e. The summed E-state index contributed by atoms with van der Waals surface area (Å²) in [6, 6.07) is 5.84. The van der Waals surface area contributed by atoms with Crippen molar-refractivity contribution >= 4 is 23.6 Å². The fourth-order valence-corrected chi connectivity index (χ4v) is 4.37. The molecule has 2 unspecified atom stereocenters. The van der Waals surface area contributed by atoms with Crippen LogP contribution in [0.25, 0.3) is 5.69 Å². The molecule has 188 valence electrons. The normalized spacial score (nSPS) is 19.3. The van der Waals surface area contributed by atoms with Crippen LogP contribution in [0.5, 0.6) is 0 Å². The zero-order chi connectivity index (χ0) is 25.5. The molecule has 2 atom stereocenters. The SMILES string of the molecule is CC.CCl.Cc1ccc(-n2nccn2)c(C(=O)N2C3CCC2CN(C(=O)OC(C)(C)C)CC3)c1. The molecule has 2 aliphatic rings. The number of carbonyl (C=O) groups is 2. The number of alkyl halides is 1. The van der Waals surface area contributed by atoms with E-state index in [0.29, 0.717) is 24.3 Å². The van der Waals surface area contributed by atoms with Crippen LogP contribution in [0.2, 0.25) is 0 Å². The van der Waals surface area contributed by atoms with Gasteiger partial charge in [0.15, 0.2) is 0 Å². The molecule has 0 radical (unpaired) electrons. The Hall–Kier alpha value is -2.61. The van der Waals surface area contributed by atoms with E-state index in [4.69, 9.17) is 4.74 Å². The first-order valence-corrected chi connectivity index (χ1v) is 12.6. The van der Waals surface area contributed by atoms with Crippen molar-refractivity contribution in [1.82, 2.24) is 24.8 Å². The predicted octanol–water partition coefficient (Wildman–Crippen LogP) is 5.07. The van der Waals surface area contributed by atoms with E-state index in [9.17, 15) is 9.59 Å². The minimum Gasteiger partial charge on any atom is -0.444 e. The van der Waals surface area contributed by atoms with Crippen LogP contribution in [0.15, 0.2) is 30.6 Å². The van der Waals surface area contributed by atoms with E-state index >= 15 is 0 Å². The summed E-state index contributed by atoms with van der Waals surface area (Å²) in [5, 5.41) is 8.42. The maximum Gasteiger partial charge on any atom is 0.410 e. The minimum atomic E-state index is -0.537. The van der Waals surface area contributed by atoms with Crippen molar-refractivity contribution in [3.05, 3.63) is 41.7 Å². The van der Waals surface area contributed by atoms with E-state index in [2.05, 4.69) is 21.8 Å². The first-order valence-electron chi connectivity index (χ1n) is 11.9. The highest BCUT2D eigenvalue weighted by atomic mass is 35.5. The number of halogens is 1. The molecule has 2 bridgehead atoms. The third-order valence-corrected chi connectivity index (χ3v) is 5.69. The molecule has 0 aliphatic carbocycles. The molecule has 0 spiro atoms. The minimum absolute atomic E-state index is 0.0172.